The van der Waals surface area contributed by atoms with Crippen molar-refractivity contribution in [1.82, 2.24) is 9.80 Å². The lowest BCUT2D eigenvalue weighted by Gasteiger charge is -2.34. The molecule has 3 rings (SSSR count). The van der Waals surface area contributed by atoms with Gasteiger partial charge in [0.2, 0.25) is 0 Å². The molecule has 0 saturated carbocycles. The highest BCUT2D eigenvalue weighted by Gasteiger charge is 2.21. The Hall–Kier alpha value is -2.04. The first kappa shape index (κ1) is 17.8. The number of rotatable bonds is 5. The van der Waals surface area contributed by atoms with E-state index in [1.54, 1.807) is 12.1 Å². The standard InChI is InChI=1S/C20H23ClN2O2/c1-16-13-18(7-8-19(16)21)25-15-20(24)23-11-9-22(10-12-23)14-17-5-3-2-4-6-17/h2-8,13H,9-12,14-15H2,1H3. The summed E-state index contributed by atoms with van der Waals surface area (Å²) in [6.07, 6.45) is 0. The van der Waals surface area contributed by atoms with E-state index in [2.05, 4.69) is 29.2 Å². The zero-order valence-electron chi connectivity index (χ0n) is 14.5. The predicted molar refractivity (Wildman–Crippen MR) is 100.0 cm³/mol. The third-order valence-electron chi connectivity index (χ3n) is 4.47. The van der Waals surface area contributed by atoms with Crippen LogP contribution in [-0.2, 0) is 11.3 Å². The molecular formula is C20H23ClN2O2. The molecule has 2 aromatic carbocycles. The first-order valence-electron chi connectivity index (χ1n) is 8.55. The molecule has 0 aliphatic carbocycles. The van der Waals surface area contributed by atoms with E-state index in [1.165, 1.54) is 5.56 Å². The van der Waals surface area contributed by atoms with Crippen LogP contribution in [-0.4, -0.2) is 48.5 Å². The Morgan fingerprint density at radius 3 is 2.48 bits per heavy atom. The Morgan fingerprint density at radius 1 is 1.08 bits per heavy atom. The van der Waals surface area contributed by atoms with Crippen LogP contribution < -0.4 is 4.74 Å². The van der Waals surface area contributed by atoms with E-state index in [0.717, 1.165) is 38.3 Å². The number of amides is 1. The maximum Gasteiger partial charge on any atom is 0.260 e. The highest BCUT2D eigenvalue weighted by Crippen LogP contribution is 2.21. The summed E-state index contributed by atoms with van der Waals surface area (Å²) in [4.78, 5) is 16.6. The molecule has 1 saturated heterocycles. The number of nitrogens with zero attached hydrogens (tertiary/aromatic N) is 2. The molecule has 1 amide bonds. The maximum absolute atomic E-state index is 12.3. The predicted octanol–water partition coefficient (Wildman–Crippen LogP) is 3.37. The number of carbonyl (C=O) groups excluding carboxylic acids is 1. The molecule has 0 bridgehead atoms. The van der Waals surface area contributed by atoms with Crippen molar-refractivity contribution >= 4 is 17.5 Å². The number of hydrogen-bond acceptors (Lipinski definition) is 3. The molecule has 1 aliphatic heterocycles. The van der Waals surface area contributed by atoms with Crippen LogP contribution in [0.5, 0.6) is 5.75 Å². The summed E-state index contributed by atoms with van der Waals surface area (Å²) >= 11 is 6.00. The van der Waals surface area contributed by atoms with Gasteiger partial charge in [0.15, 0.2) is 6.61 Å². The second-order valence-electron chi connectivity index (χ2n) is 6.34. The van der Waals surface area contributed by atoms with Crippen LogP contribution >= 0.6 is 11.6 Å². The fourth-order valence-corrected chi connectivity index (χ4v) is 3.06. The molecule has 2 aromatic rings. The third-order valence-corrected chi connectivity index (χ3v) is 4.89. The summed E-state index contributed by atoms with van der Waals surface area (Å²) in [5, 5.41) is 0.702. The zero-order chi connectivity index (χ0) is 17.6. The second kappa shape index (κ2) is 8.37. The average Bonchev–Trinajstić information content (AvgIpc) is 2.64. The molecule has 0 spiro atoms. The summed E-state index contributed by atoms with van der Waals surface area (Å²) < 4.78 is 5.62. The van der Waals surface area contributed by atoms with Gasteiger partial charge in [0, 0.05) is 37.7 Å². The van der Waals surface area contributed by atoms with Gasteiger partial charge in [-0.15, -0.1) is 0 Å². The fourth-order valence-electron chi connectivity index (χ4n) is 2.94. The van der Waals surface area contributed by atoms with Crippen molar-refractivity contribution in [3.63, 3.8) is 0 Å². The highest BCUT2D eigenvalue weighted by atomic mass is 35.5. The van der Waals surface area contributed by atoms with E-state index >= 15 is 0 Å². The van der Waals surface area contributed by atoms with Crippen LogP contribution in [0, 0.1) is 6.92 Å². The van der Waals surface area contributed by atoms with Crippen molar-refractivity contribution < 1.29 is 9.53 Å². The van der Waals surface area contributed by atoms with Gasteiger partial charge in [-0.25, -0.2) is 0 Å². The number of halogens is 1. The first-order chi connectivity index (χ1) is 12.1. The lowest BCUT2D eigenvalue weighted by molar-refractivity contribution is -0.135. The molecule has 0 atom stereocenters. The zero-order valence-corrected chi connectivity index (χ0v) is 15.2. The molecule has 0 N–H and O–H groups in total. The minimum atomic E-state index is 0.0342. The molecule has 1 aliphatic rings. The average molecular weight is 359 g/mol. The monoisotopic (exact) mass is 358 g/mol. The van der Waals surface area contributed by atoms with E-state index in [4.69, 9.17) is 16.3 Å². The van der Waals surface area contributed by atoms with Crippen LogP contribution in [0.2, 0.25) is 5.02 Å². The quantitative estimate of drug-likeness (QED) is 0.821. The molecule has 0 unspecified atom stereocenters. The van der Waals surface area contributed by atoms with Gasteiger partial charge in [-0.1, -0.05) is 41.9 Å². The van der Waals surface area contributed by atoms with Gasteiger partial charge in [-0.3, -0.25) is 9.69 Å². The topological polar surface area (TPSA) is 32.8 Å². The number of piperazine rings is 1. The summed E-state index contributed by atoms with van der Waals surface area (Å²) in [7, 11) is 0. The molecule has 0 radical (unpaired) electrons. The number of benzene rings is 2. The highest BCUT2D eigenvalue weighted by molar-refractivity contribution is 6.31. The van der Waals surface area contributed by atoms with Gasteiger partial charge in [-0.2, -0.15) is 0 Å². The Bertz CT molecular complexity index is 713. The number of hydrogen-bond donors (Lipinski definition) is 0. The lowest BCUT2D eigenvalue weighted by Crippen LogP contribution is -2.49. The molecule has 4 nitrogen and oxygen atoms in total. The second-order valence-corrected chi connectivity index (χ2v) is 6.75. The van der Waals surface area contributed by atoms with Crippen LogP contribution in [0.4, 0.5) is 0 Å². The molecular weight excluding hydrogens is 336 g/mol. The van der Waals surface area contributed by atoms with Crippen LogP contribution in [0.25, 0.3) is 0 Å². The minimum Gasteiger partial charge on any atom is -0.484 e. The van der Waals surface area contributed by atoms with Crippen molar-refractivity contribution in [3.8, 4) is 5.75 Å². The van der Waals surface area contributed by atoms with Gasteiger partial charge in [0.25, 0.3) is 5.91 Å². The van der Waals surface area contributed by atoms with Gasteiger partial charge in [0.1, 0.15) is 5.75 Å². The third kappa shape index (κ3) is 4.97. The minimum absolute atomic E-state index is 0.0342. The SMILES string of the molecule is Cc1cc(OCC(=O)N2CCN(Cc3ccccc3)CC2)ccc1Cl. The summed E-state index contributed by atoms with van der Waals surface area (Å²) in [6.45, 7) is 6.19. The van der Waals surface area contributed by atoms with Crippen molar-refractivity contribution in [2.75, 3.05) is 32.8 Å². The van der Waals surface area contributed by atoms with E-state index < -0.39 is 0 Å². The number of aryl methyl sites for hydroxylation is 1. The summed E-state index contributed by atoms with van der Waals surface area (Å²) in [5.74, 6) is 0.713. The molecule has 25 heavy (non-hydrogen) atoms. The molecule has 1 heterocycles. The normalized spacial score (nSPS) is 15.2. The van der Waals surface area contributed by atoms with Crippen molar-refractivity contribution in [2.24, 2.45) is 0 Å². The molecule has 5 heteroatoms. The fraction of sp³-hybridized carbons (Fsp3) is 0.350. The van der Waals surface area contributed by atoms with Gasteiger partial charge >= 0.3 is 0 Å². The Morgan fingerprint density at radius 2 is 1.80 bits per heavy atom. The van der Waals surface area contributed by atoms with Crippen molar-refractivity contribution in [1.29, 1.82) is 0 Å². The van der Waals surface area contributed by atoms with E-state index in [-0.39, 0.29) is 12.5 Å². The van der Waals surface area contributed by atoms with Gasteiger partial charge < -0.3 is 9.64 Å². The number of ether oxygens (including phenoxy) is 1. The van der Waals surface area contributed by atoms with Gasteiger partial charge in [0.05, 0.1) is 0 Å². The Balaban J connectivity index is 1.44. The molecule has 132 valence electrons. The first-order valence-corrected chi connectivity index (χ1v) is 8.92. The van der Waals surface area contributed by atoms with E-state index in [1.807, 2.05) is 24.0 Å². The van der Waals surface area contributed by atoms with Crippen LogP contribution in [0.3, 0.4) is 0 Å². The maximum atomic E-state index is 12.3. The summed E-state index contributed by atoms with van der Waals surface area (Å²) in [5.41, 5.74) is 2.25. The van der Waals surface area contributed by atoms with E-state index in [9.17, 15) is 4.79 Å². The molecule has 1 fully saturated rings. The summed E-state index contributed by atoms with van der Waals surface area (Å²) in [6, 6.07) is 15.9. The lowest BCUT2D eigenvalue weighted by atomic mass is 10.2. The van der Waals surface area contributed by atoms with Crippen LogP contribution in [0.1, 0.15) is 11.1 Å². The van der Waals surface area contributed by atoms with Gasteiger partial charge in [-0.05, 0) is 36.2 Å². The Labute approximate surface area is 154 Å². The Kier molecular flexibility index (Phi) is 5.95. The number of carbonyl (C=O) groups is 1. The molecule has 0 aromatic heterocycles. The van der Waals surface area contributed by atoms with Crippen molar-refractivity contribution in [2.45, 2.75) is 13.5 Å². The van der Waals surface area contributed by atoms with Crippen molar-refractivity contribution in [3.05, 3.63) is 64.7 Å². The largest absolute Gasteiger partial charge is 0.484 e. The smallest absolute Gasteiger partial charge is 0.260 e. The van der Waals surface area contributed by atoms with Crippen LogP contribution in [0.15, 0.2) is 48.5 Å². The van der Waals surface area contributed by atoms with E-state index in [0.29, 0.717) is 10.8 Å².